The minimum absolute atomic E-state index is 0.0866. The number of piperazine rings is 1. The van der Waals surface area contributed by atoms with E-state index in [0.29, 0.717) is 6.54 Å². The lowest BCUT2D eigenvalue weighted by Crippen LogP contribution is -2.53. The first-order chi connectivity index (χ1) is 16.5. The fourth-order valence-corrected chi connectivity index (χ4v) is 6.61. The minimum atomic E-state index is -3.69. The van der Waals surface area contributed by atoms with E-state index in [-0.39, 0.29) is 17.0 Å². The summed E-state index contributed by atoms with van der Waals surface area (Å²) in [4.78, 5) is 4.83. The first kappa shape index (κ1) is 23.0. The first-order valence-electron chi connectivity index (χ1n) is 11.5. The summed E-state index contributed by atoms with van der Waals surface area (Å²) in [7, 11) is -3.69. The fraction of sp³-hybridized carbons (Fsp3) is 0.269. The van der Waals surface area contributed by atoms with Crippen molar-refractivity contribution in [2.75, 3.05) is 32.7 Å². The number of nitrogens with zero attached hydrogens (tertiary/aromatic N) is 2. The van der Waals surface area contributed by atoms with Gasteiger partial charge in [-0.2, -0.15) is 0 Å². The van der Waals surface area contributed by atoms with Crippen LogP contribution in [0.3, 0.4) is 0 Å². The molecule has 1 fully saturated rings. The maximum absolute atomic E-state index is 13.4. The highest BCUT2D eigenvalue weighted by atomic mass is 32.2. The molecule has 0 radical (unpaired) electrons. The van der Waals surface area contributed by atoms with Crippen molar-refractivity contribution in [3.8, 4) is 0 Å². The zero-order chi connectivity index (χ0) is 23.7. The van der Waals surface area contributed by atoms with E-state index in [1.165, 1.54) is 5.56 Å². The summed E-state index contributed by atoms with van der Waals surface area (Å²) in [5.74, 6) is 0. The molecule has 1 heterocycles. The van der Waals surface area contributed by atoms with Crippen LogP contribution in [0.4, 0.5) is 0 Å². The highest BCUT2D eigenvalue weighted by Gasteiger charge is 2.41. The Morgan fingerprint density at radius 3 is 2.32 bits per heavy atom. The molecule has 2 N–H and O–H groups in total. The van der Waals surface area contributed by atoms with Crippen molar-refractivity contribution < 1.29 is 8.42 Å². The predicted octanol–water partition coefficient (Wildman–Crippen LogP) is 3.59. The van der Waals surface area contributed by atoms with Gasteiger partial charge in [0.1, 0.15) is 0 Å². The molecule has 1 aliphatic carbocycles. The topological polar surface area (TPSA) is 64.7 Å². The minimum Gasteiger partial charge on any atom is -0.359 e. The summed E-state index contributed by atoms with van der Waals surface area (Å²) < 4.78 is 29.8. The molecule has 6 nitrogen and oxygen atoms in total. The molecule has 2 aliphatic rings. The zero-order valence-corrected chi connectivity index (χ0v) is 20.5. The molecule has 3 aromatic carbocycles. The summed E-state index contributed by atoms with van der Waals surface area (Å²) in [6.07, 6.45) is 1.79. The van der Waals surface area contributed by atoms with Gasteiger partial charge < -0.3 is 10.2 Å². The first-order valence-corrected chi connectivity index (χ1v) is 13.4. The van der Waals surface area contributed by atoms with E-state index >= 15 is 0 Å². The molecule has 0 spiro atoms. The van der Waals surface area contributed by atoms with Crippen molar-refractivity contribution in [3.63, 3.8) is 0 Å². The van der Waals surface area contributed by atoms with E-state index in [1.807, 2.05) is 12.1 Å². The van der Waals surface area contributed by atoms with Crippen molar-refractivity contribution in [2.45, 2.75) is 17.0 Å². The lowest BCUT2D eigenvalue weighted by atomic mass is 10.0. The molecular formula is C26H28N4O2S2. The van der Waals surface area contributed by atoms with E-state index in [4.69, 9.17) is 12.2 Å². The summed E-state index contributed by atoms with van der Waals surface area (Å²) in [6, 6.07) is 20.6. The van der Waals surface area contributed by atoms with Gasteiger partial charge in [0.05, 0.1) is 17.0 Å². The molecule has 176 valence electrons. The van der Waals surface area contributed by atoms with Gasteiger partial charge in [0.25, 0.3) is 0 Å². The van der Waals surface area contributed by atoms with Crippen molar-refractivity contribution in [1.29, 1.82) is 0 Å². The zero-order valence-electron chi connectivity index (χ0n) is 18.9. The Morgan fingerprint density at radius 2 is 1.65 bits per heavy atom. The second-order valence-corrected chi connectivity index (χ2v) is 10.7. The van der Waals surface area contributed by atoms with Crippen LogP contribution in [0.5, 0.6) is 0 Å². The Labute approximate surface area is 206 Å². The fourth-order valence-electron chi connectivity index (χ4n) is 5.10. The number of nitrogens with one attached hydrogen (secondary N) is 2. The molecule has 2 atom stereocenters. The Hall–Kier alpha value is -2.78. The quantitative estimate of drug-likeness (QED) is 0.405. The van der Waals surface area contributed by atoms with Gasteiger partial charge in [-0.25, -0.2) is 13.1 Å². The third-order valence-electron chi connectivity index (χ3n) is 6.67. The highest BCUT2D eigenvalue weighted by molar-refractivity contribution is 7.89. The molecule has 5 rings (SSSR count). The molecule has 1 saturated heterocycles. The van der Waals surface area contributed by atoms with E-state index < -0.39 is 10.0 Å². The number of benzene rings is 3. The summed E-state index contributed by atoms with van der Waals surface area (Å²) in [6.45, 7) is 7.51. The van der Waals surface area contributed by atoms with Gasteiger partial charge in [0.15, 0.2) is 5.11 Å². The number of sulfonamides is 1. The summed E-state index contributed by atoms with van der Waals surface area (Å²) in [5, 5.41) is 6.23. The van der Waals surface area contributed by atoms with E-state index in [9.17, 15) is 8.42 Å². The normalized spacial score (nSPS) is 20.4. The Kier molecular flexibility index (Phi) is 6.40. The highest BCUT2D eigenvalue weighted by Crippen LogP contribution is 2.47. The van der Waals surface area contributed by atoms with Crippen molar-refractivity contribution in [2.24, 2.45) is 0 Å². The van der Waals surface area contributed by atoms with Crippen molar-refractivity contribution in [3.05, 3.63) is 90.5 Å². The van der Waals surface area contributed by atoms with Crippen LogP contribution in [-0.4, -0.2) is 56.1 Å². The van der Waals surface area contributed by atoms with Crippen LogP contribution < -0.4 is 10.0 Å². The number of thiocarbonyl (C=S) groups is 1. The smallest absolute Gasteiger partial charge is 0.241 e. The summed E-state index contributed by atoms with van der Waals surface area (Å²) in [5.41, 5.74) is 2.21. The Morgan fingerprint density at radius 1 is 0.971 bits per heavy atom. The van der Waals surface area contributed by atoms with Crippen LogP contribution in [-0.2, 0) is 10.0 Å². The van der Waals surface area contributed by atoms with Gasteiger partial charge in [-0.15, -0.1) is 6.58 Å². The van der Waals surface area contributed by atoms with Crippen LogP contribution in [0.15, 0.2) is 84.3 Å². The maximum Gasteiger partial charge on any atom is 0.241 e. The van der Waals surface area contributed by atoms with Crippen LogP contribution in [0.1, 0.15) is 23.2 Å². The van der Waals surface area contributed by atoms with Crippen LogP contribution in [0.25, 0.3) is 10.8 Å². The van der Waals surface area contributed by atoms with Crippen molar-refractivity contribution in [1.82, 2.24) is 19.8 Å². The molecule has 0 saturated carbocycles. The van der Waals surface area contributed by atoms with Crippen LogP contribution in [0.2, 0.25) is 0 Å². The second kappa shape index (κ2) is 9.46. The third kappa shape index (κ3) is 4.22. The monoisotopic (exact) mass is 492 g/mol. The molecule has 34 heavy (non-hydrogen) atoms. The predicted molar refractivity (Wildman–Crippen MR) is 140 cm³/mol. The average molecular weight is 493 g/mol. The molecule has 3 aromatic rings. The lowest BCUT2D eigenvalue weighted by Gasteiger charge is -2.41. The van der Waals surface area contributed by atoms with Crippen LogP contribution in [0, 0.1) is 0 Å². The number of hydrogen-bond acceptors (Lipinski definition) is 4. The lowest BCUT2D eigenvalue weighted by molar-refractivity contribution is 0.116. The third-order valence-corrected chi connectivity index (χ3v) is 8.53. The van der Waals surface area contributed by atoms with Gasteiger partial charge >= 0.3 is 0 Å². The average Bonchev–Trinajstić information content (AvgIpc) is 3.17. The van der Waals surface area contributed by atoms with Gasteiger partial charge in [-0.05, 0) is 46.2 Å². The van der Waals surface area contributed by atoms with Crippen LogP contribution >= 0.6 is 12.2 Å². The molecule has 0 aromatic heterocycles. The molecule has 0 amide bonds. The van der Waals surface area contributed by atoms with E-state index in [0.717, 1.165) is 47.6 Å². The Bertz CT molecular complexity index is 1310. The van der Waals surface area contributed by atoms with Crippen molar-refractivity contribution >= 4 is 38.1 Å². The van der Waals surface area contributed by atoms with E-state index in [1.54, 1.807) is 30.3 Å². The largest absolute Gasteiger partial charge is 0.359 e. The maximum atomic E-state index is 13.4. The molecule has 2 unspecified atom stereocenters. The summed E-state index contributed by atoms with van der Waals surface area (Å²) >= 11 is 5.53. The second-order valence-electron chi connectivity index (χ2n) is 8.65. The van der Waals surface area contributed by atoms with Gasteiger partial charge in [0, 0.05) is 32.7 Å². The number of rotatable bonds is 6. The van der Waals surface area contributed by atoms with Gasteiger partial charge in [0.2, 0.25) is 10.0 Å². The molecule has 1 aliphatic heterocycles. The standard InChI is InChI=1S/C26H28N4O2S2/c1-2-14-27-26(33)30-17-15-29(16-18-30)25-22-13-7-9-19-8-6-12-21(23(19)22)24(25)28-34(31,32)20-10-4-3-5-11-20/h2-13,24-25,28H,1,14-18H2,(H,27,33). The van der Waals surface area contributed by atoms with Gasteiger partial charge in [-0.3, -0.25) is 4.90 Å². The number of hydrogen-bond donors (Lipinski definition) is 2. The SMILES string of the molecule is C=CCNC(=S)N1CCN(C2c3cccc4cccc(c34)C2NS(=O)(=O)c2ccccc2)CC1. The van der Waals surface area contributed by atoms with Gasteiger partial charge in [-0.1, -0.05) is 60.7 Å². The molecular weight excluding hydrogens is 464 g/mol. The molecule has 8 heteroatoms. The molecule has 0 bridgehead atoms. The Balaban J connectivity index is 1.46. The van der Waals surface area contributed by atoms with E-state index in [2.05, 4.69) is 56.7 Å².